The molecule has 0 saturated heterocycles. The molecule has 1 aliphatic rings. The molecule has 76 valence electrons. The first-order valence-corrected chi connectivity index (χ1v) is 5.90. The second-order valence-corrected chi connectivity index (χ2v) is 4.69. The minimum absolute atomic E-state index is 0.0538. The summed E-state index contributed by atoms with van der Waals surface area (Å²) in [5, 5.41) is 4.21. The molecule has 1 aromatic heterocycles. The fraction of sp³-hybridized carbons (Fsp3) is 0.500. The van der Waals surface area contributed by atoms with Gasteiger partial charge in [-0.1, -0.05) is 11.6 Å². The summed E-state index contributed by atoms with van der Waals surface area (Å²) in [7, 11) is 1.95. The standard InChI is InChI=1S/C10H14IN3/c1-14-10(11)8(6-13-14)9(12)7-4-2-3-5-7/h4,6,9H,2-3,5,12H2,1H3. The van der Waals surface area contributed by atoms with E-state index in [0.29, 0.717) is 0 Å². The van der Waals surface area contributed by atoms with Gasteiger partial charge in [-0.25, -0.2) is 0 Å². The van der Waals surface area contributed by atoms with Crippen molar-refractivity contribution in [3.63, 3.8) is 0 Å². The van der Waals surface area contributed by atoms with Crippen molar-refractivity contribution in [1.29, 1.82) is 0 Å². The van der Waals surface area contributed by atoms with Crippen LogP contribution in [0, 0.1) is 3.70 Å². The number of aryl methyl sites for hydroxylation is 1. The molecule has 0 aliphatic heterocycles. The molecule has 0 amide bonds. The molecule has 1 heterocycles. The molecule has 4 heteroatoms. The van der Waals surface area contributed by atoms with Crippen LogP contribution in [0.1, 0.15) is 30.9 Å². The van der Waals surface area contributed by atoms with Crippen LogP contribution in [0.2, 0.25) is 0 Å². The predicted octanol–water partition coefficient (Wildman–Crippen LogP) is 2.13. The third-order valence-electron chi connectivity index (χ3n) is 2.70. The fourth-order valence-corrected chi connectivity index (χ4v) is 2.43. The van der Waals surface area contributed by atoms with Crippen LogP contribution in [0.5, 0.6) is 0 Å². The van der Waals surface area contributed by atoms with Crippen molar-refractivity contribution in [2.75, 3.05) is 0 Å². The number of hydrogen-bond acceptors (Lipinski definition) is 2. The summed E-state index contributed by atoms with van der Waals surface area (Å²) in [6, 6.07) is 0.0538. The average Bonchev–Trinajstić information content (AvgIpc) is 2.77. The zero-order valence-electron chi connectivity index (χ0n) is 8.20. The first kappa shape index (κ1) is 10.2. The van der Waals surface area contributed by atoms with E-state index in [1.165, 1.54) is 18.4 Å². The number of hydrogen-bond donors (Lipinski definition) is 1. The van der Waals surface area contributed by atoms with E-state index in [0.717, 1.165) is 15.7 Å². The molecule has 2 N–H and O–H groups in total. The van der Waals surface area contributed by atoms with Crippen molar-refractivity contribution in [1.82, 2.24) is 9.78 Å². The van der Waals surface area contributed by atoms with Crippen LogP contribution in [0.3, 0.4) is 0 Å². The van der Waals surface area contributed by atoms with Crippen LogP contribution < -0.4 is 5.73 Å². The molecule has 0 saturated carbocycles. The van der Waals surface area contributed by atoms with E-state index in [4.69, 9.17) is 5.73 Å². The molecule has 0 spiro atoms. The quantitative estimate of drug-likeness (QED) is 0.672. The highest BCUT2D eigenvalue weighted by Gasteiger charge is 2.19. The first-order valence-electron chi connectivity index (χ1n) is 4.82. The number of nitrogens with two attached hydrogens (primary N) is 1. The lowest BCUT2D eigenvalue weighted by molar-refractivity contribution is 0.737. The van der Waals surface area contributed by atoms with Gasteiger partial charge in [0.25, 0.3) is 0 Å². The Balaban J connectivity index is 2.26. The predicted molar refractivity (Wildman–Crippen MR) is 64.8 cm³/mol. The fourth-order valence-electron chi connectivity index (χ4n) is 1.83. The van der Waals surface area contributed by atoms with Crippen molar-refractivity contribution in [3.05, 3.63) is 27.1 Å². The number of allylic oxidation sites excluding steroid dienone is 1. The third kappa shape index (κ3) is 1.72. The van der Waals surface area contributed by atoms with Gasteiger partial charge in [-0.05, 0) is 41.9 Å². The van der Waals surface area contributed by atoms with E-state index in [1.54, 1.807) is 0 Å². The van der Waals surface area contributed by atoms with Crippen molar-refractivity contribution in [2.24, 2.45) is 12.8 Å². The van der Waals surface area contributed by atoms with E-state index in [-0.39, 0.29) is 6.04 Å². The Morgan fingerprint density at radius 3 is 2.93 bits per heavy atom. The minimum atomic E-state index is 0.0538. The Kier molecular flexibility index (Phi) is 2.92. The Hall–Kier alpha value is -0.360. The Bertz CT molecular complexity index is 367. The zero-order chi connectivity index (χ0) is 10.1. The molecule has 1 atom stereocenters. The van der Waals surface area contributed by atoms with E-state index in [2.05, 4.69) is 33.8 Å². The molecule has 14 heavy (non-hydrogen) atoms. The SMILES string of the molecule is Cn1ncc(C(N)C2=CCCC2)c1I. The van der Waals surface area contributed by atoms with Crippen LogP contribution in [-0.2, 0) is 7.05 Å². The van der Waals surface area contributed by atoms with Gasteiger partial charge >= 0.3 is 0 Å². The zero-order valence-corrected chi connectivity index (χ0v) is 10.4. The minimum Gasteiger partial charge on any atom is -0.320 e. The number of rotatable bonds is 2. The molecule has 1 aromatic rings. The second-order valence-electron chi connectivity index (χ2n) is 3.66. The highest BCUT2D eigenvalue weighted by Crippen LogP contribution is 2.30. The van der Waals surface area contributed by atoms with Gasteiger partial charge in [0.2, 0.25) is 0 Å². The maximum atomic E-state index is 6.19. The van der Waals surface area contributed by atoms with E-state index < -0.39 is 0 Å². The average molecular weight is 303 g/mol. The van der Waals surface area contributed by atoms with E-state index in [9.17, 15) is 0 Å². The smallest absolute Gasteiger partial charge is 0.104 e. The molecular formula is C10H14IN3. The summed E-state index contributed by atoms with van der Waals surface area (Å²) >= 11 is 2.29. The number of nitrogens with zero attached hydrogens (tertiary/aromatic N) is 2. The topological polar surface area (TPSA) is 43.8 Å². The molecule has 0 radical (unpaired) electrons. The summed E-state index contributed by atoms with van der Waals surface area (Å²) in [5.41, 5.74) is 8.71. The summed E-state index contributed by atoms with van der Waals surface area (Å²) in [6.45, 7) is 0. The number of aromatic nitrogens is 2. The number of halogens is 1. The Morgan fingerprint density at radius 1 is 1.64 bits per heavy atom. The van der Waals surface area contributed by atoms with Crippen LogP contribution in [0.4, 0.5) is 0 Å². The van der Waals surface area contributed by atoms with Crippen molar-refractivity contribution < 1.29 is 0 Å². The van der Waals surface area contributed by atoms with Crippen molar-refractivity contribution >= 4 is 22.6 Å². The van der Waals surface area contributed by atoms with Crippen LogP contribution in [0.25, 0.3) is 0 Å². The van der Waals surface area contributed by atoms with Crippen LogP contribution >= 0.6 is 22.6 Å². The van der Waals surface area contributed by atoms with Gasteiger partial charge < -0.3 is 5.73 Å². The van der Waals surface area contributed by atoms with Gasteiger partial charge in [-0.3, -0.25) is 4.68 Å². The first-order chi connectivity index (χ1) is 6.70. The molecule has 1 aliphatic carbocycles. The highest BCUT2D eigenvalue weighted by molar-refractivity contribution is 14.1. The Morgan fingerprint density at radius 2 is 2.43 bits per heavy atom. The lowest BCUT2D eigenvalue weighted by atomic mass is 10.0. The van der Waals surface area contributed by atoms with E-state index in [1.807, 2.05) is 17.9 Å². The molecule has 0 fully saturated rings. The summed E-state index contributed by atoms with van der Waals surface area (Å²) < 4.78 is 3.01. The van der Waals surface area contributed by atoms with Crippen molar-refractivity contribution in [2.45, 2.75) is 25.3 Å². The molecule has 2 rings (SSSR count). The van der Waals surface area contributed by atoms with Crippen LogP contribution in [-0.4, -0.2) is 9.78 Å². The van der Waals surface area contributed by atoms with Gasteiger partial charge in [0, 0.05) is 12.6 Å². The summed E-state index contributed by atoms with van der Waals surface area (Å²) in [5.74, 6) is 0. The molecule has 0 aromatic carbocycles. The summed E-state index contributed by atoms with van der Waals surface area (Å²) in [4.78, 5) is 0. The van der Waals surface area contributed by atoms with E-state index >= 15 is 0 Å². The maximum Gasteiger partial charge on any atom is 0.104 e. The molecular weight excluding hydrogens is 289 g/mol. The van der Waals surface area contributed by atoms with Gasteiger partial charge in [0.05, 0.1) is 12.2 Å². The molecule has 3 nitrogen and oxygen atoms in total. The molecule has 1 unspecified atom stereocenters. The maximum absolute atomic E-state index is 6.19. The van der Waals surface area contributed by atoms with Crippen molar-refractivity contribution in [3.8, 4) is 0 Å². The van der Waals surface area contributed by atoms with Gasteiger partial charge in [-0.15, -0.1) is 0 Å². The highest BCUT2D eigenvalue weighted by atomic mass is 127. The second kappa shape index (κ2) is 4.02. The summed E-state index contributed by atoms with van der Waals surface area (Å²) in [6.07, 6.45) is 7.73. The normalized spacial score (nSPS) is 18.4. The Labute approximate surface area is 97.5 Å². The monoisotopic (exact) mass is 303 g/mol. The van der Waals surface area contributed by atoms with Gasteiger partial charge in [0.15, 0.2) is 0 Å². The molecule has 0 bridgehead atoms. The van der Waals surface area contributed by atoms with Gasteiger partial charge in [0.1, 0.15) is 3.70 Å². The van der Waals surface area contributed by atoms with Gasteiger partial charge in [-0.2, -0.15) is 5.10 Å². The lowest BCUT2D eigenvalue weighted by Gasteiger charge is -2.11. The van der Waals surface area contributed by atoms with Crippen LogP contribution in [0.15, 0.2) is 17.8 Å². The largest absolute Gasteiger partial charge is 0.320 e. The third-order valence-corrected chi connectivity index (χ3v) is 4.02. The lowest BCUT2D eigenvalue weighted by Crippen LogP contribution is -2.13.